The predicted octanol–water partition coefficient (Wildman–Crippen LogP) is 5.62. The number of carbonyl (C=O) groups is 1. The third-order valence-corrected chi connectivity index (χ3v) is 5.91. The highest BCUT2D eigenvalue weighted by molar-refractivity contribution is 7.98. The Bertz CT molecular complexity index is 1090. The molecular formula is C21H17ClFNO2S. The van der Waals surface area contributed by atoms with Gasteiger partial charge in [-0.3, -0.25) is 0 Å². The molecule has 3 aromatic rings. The molecule has 0 unspecified atom stereocenters. The van der Waals surface area contributed by atoms with Crippen molar-refractivity contribution in [1.82, 2.24) is 4.57 Å². The van der Waals surface area contributed by atoms with E-state index in [0.717, 1.165) is 44.6 Å². The quantitative estimate of drug-likeness (QED) is 0.456. The van der Waals surface area contributed by atoms with Crippen LogP contribution in [0.1, 0.15) is 23.2 Å². The summed E-state index contributed by atoms with van der Waals surface area (Å²) in [5.74, 6) is -1.23. The molecule has 0 bridgehead atoms. The summed E-state index contributed by atoms with van der Waals surface area (Å²) in [5.41, 5.74) is 4.73. The summed E-state index contributed by atoms with van der Waals surface area (Å²) in [4.78, 5) is 12.2. The van der Waals surface area contributed by atoms with Crippen LogP contribution in [-0.2, 0) is 17.8 Å². The van der Waals surface area contributed by atoms with Crippen molar-refractivity contribution in [2.75, 3.05) is 6.26 Å². The second-order valence-electron chi connectivity index (χ2n) is 6.55. The highest BCUT2D eigenvalue weighted by Gasteiger charge is 2.28. The molecule has 3 nitrogen and oxygen atoms in total. The van der Waals surface area contributed by atoms with Crippen LogP contribution in [0.3, 0.4) is 0 Å². The van der Waals surface area contributed by atoms with Crippen LogP contribution in [0.25, 0.3) is 16.5 Å². The zero-order valence-electron chi connectivity index (χ0n) is 14.6. The van der Waals surface area contributed by atoms with Crippen molar-refractivity contribution in [3.63, 3.8) is 0 Å². The fourth-order valence-corrected chi connectivity index (χ4v) is 4.63. The third-order valence-electron chi connectivity index (χ3n) is 4.91. The highest BCUT2D eigenvalue weighted by atomic mass is 35.5. The summed E-state index contributed by atoms with van der Waals surface area (Å²) in [5, 5.41) is 10.8. The number of allylic oxidation sites excluding steroid dienone is 1. The minimum absolute atomic E-state index is 0.269. The summed E-state index contributed by atoms with van der Waals surface area (Å²) in [6.45, 7) is 0.569. The zero-order valence-corrected chi connectivity index (χ0v) is 16.2. The van der Waals surface area contributed by atoms with Gasteiger partial charge in [0, 0.05) is 33.6 Å². The van der Waals surface area contributed by atoms with E-state index < -0.39 is 5.97 Å². The molecule has 0 fully saturated rings. The van der Waals surface area contributed by atoms with Crippen molar-refractivity contribution in [2.24, 2.45) is 0 Å². The molecule has 0 saturated carbocycles. The number of halogens is 2. The first kappa shape index (κ1) is 18.1. The van der Waals surface area contributed by atoms with Crippen LogP contribution < -0.4 is 0 Å². The van der Waals surface area contributed by atoms with Gasteiger partial charge in [0.1, 0.15) is 5.82 Å². The van der Waals surface area contributed by atoms with E-state index in [1.807, 2.05) is 30.5 Å². The standard InChI is InChI=1S/C21H17ClFNO2S/c1-27-18-10-15(23)9-17-16-7-4-13(8-19(25)26)20(16)24(21(17)18)11-12-2-5-14(22)6-3-12/h2-3,5-6,8-10H,4,7,11H2,1H3,(H,25,26)/b13-8+. The Labute approximate surface area is 165 Å². The van der Waals surface area contributed by atoms with E-state index in [0.29, 0.717) is 18.0 Å². The lowest BCUT2D eigenvalue weighted by Crippen LogP contribution is -2.05. The van der Waals surface area contributed by atoms with Crippen LogP contribution in [0, 0.1) is 5.82 Å². The fraction of sp³-hybridized carbons (Fsp3) is 0.190. The van der Waals surface area contributed by atoms with Gasteiger partial charge in [-0.25, -0.2) is 9.18 Å². The lowest BCUT2D eigenvalue weighted by Gasteiger charge is -2.13. The summed E-state index contributed by atoms with van der Waals surface area (Å²) >= 11 is 7.50. The molecule has 0 spiro atoms. The van der Waals surface area contributed by atoms with Crippen LogP contribution in [-0.4, -0.2) is 21.9 Å². The second-order valence-corrected chi connectivity index (χ2v) is 7.84. The Kier molecular flexibility index (Phi) is 4.74. The van der Waals surface area contributed by atoms with Crippen LogP contribution in [0.2, 0.25) is 5.02 Å². The van der Waals surface area contributed by atoms with E-state index in [2.05, 4.69) is 4.57 Å². The molecule has 0 atom stereocenters. The van der Waals surface area contributed by atoms with E-state index in [4.69, 9.17) is 11.6 Å². The summed E-state index contributed by atoms with van der Waals surface area (Å²) in [6, 6.07) is 10.7. The number of benzene rings is 2. The molecule has 2 aromatic carbocycles. The Morgan fingerprint density at radius 2 is 2.04 bits per heavy atom. The van der Waals surface area contributed by atoms with E-state index in [1.54, 1.807) is 12.1 Å². The van der Waals surface area contributed by atoms with E-state index >= 15 is 0 Å². The molecule has 0 radical (unpaired) electrons. The van der Waals surface area contributed by atoms with Crippen molar-refractivity contribution < 1.29 is 14.3 Å². The van der Waals surface area contributed by atoms with Crippen molar-refractivity contribution in [3.05, 3.63) is 70.1 Å². The molecule has 1 aliphatic rings. The summed E-state index contributed by atoms with van der Waals surface area (Å²) in [6.07, 6.45) is 4.57. The van der Waals surface area contributed by atoms with Gasteiger partial charge in [-0.2, -0.15) is 0 Å². The van der Waals surface area contributed by atoms with Gasteiger partial charge in [-0.1, -0.05) is 23.7 Å². The Balaban J connectivity index is 1.99. The van der Waals surface area contributed by atoms with Gasteiger partial charge < -0.3 is 9.67 Å². The van der Waals surface area contributed by atoms with Gasteiger partial charge in [-0.15, -0.1) is 11.8 Å². The summed E-state index contributed by atoms with van der Waals surface area (Å²) in [7, 11) is 0. The Morgan fingerprint density at radius 3 is 2.70 bits per heavy atom. The number of aryl methyl sites for hydroxylation is 1. The molecule has 138 valence electrons. The van der Waals surface area contributed by atoms with Gasteiger partial charge in [-0.05, 0) is 60.1 Å². The van der Waals surface area contributed by atoms with E-state index in [1.165, 1.54) is 17.8 Å². The molecule has 6 heteroatoms. The number of fused-ring (bicyclic) bond motifs is 3. The monoisotopic (exact) mass is 401 g/mol. The number of nitrogens with zero attached hydrogens (tertiary/aromatic N) is 1. The average Bonchev–Trinajstić information content (AvgIpc) is 3.16. The molecule has 1 aromatic heterocycles. The molecule has 1 aliphatic carbocycles. The first-order valence-electron chi connectivity index (χ1n) is 8.55. The maximum atomic E-state index is 14.2. The van der Waals surface area contributed by atoms with Crippen molar-refractivity contribution in [2.45, 2.75) is 24.3 Å². The minimum Gasteiger partial charge on any atom is -0.478 e. The molecule has 4 rings (SSSR count). The molecule has 0 aliphatic heterocycles. The largest absolute Gasteiger partial charge is 0.478 e. The number of aromatic nitrogens is 1. The van der Waals surface area contributed by atoms with Crippen LogP contribution >= 0.6 is 23.4 Å². The Morgan fingerprint density at radius 1 is 1.30 bits per heavy atom. The van der Waals surface area contributed by atoms with Crippen LogP contribution in [0.15, 0.2) is 47.4 Å². The van der Waals surface area contributed by atoms with Crippen LogP contribution in [0.4, 0.5) is 4.39 Å². The van der Waals surface area contributed by atoms with E-state index in [-0.39, 0.29) is 5.82 Å². The maximum absolute atomic E-state index is 14.2. The minimum atomic E-state index is -0.961. The molecule has 27 heavy (non-hydrogen) atoms. The number of thioether (sulfide) groups is 1. The first-order chi connectivity index (χ1) is 13.0. The third kappa shape index (κ3) is 3.26. The van der Waals surface area contributed by atoms with Crippen LogP contribution in [0.5, 0.6) is 0 Å². The van der Waals surface area contributed by atoms with Gasteiger partial charge in [0.25, 0.3) is 0 Å². The number of aliphatic carboxylic acids is 1. The van der Waals surface area contributed by atoms with Crippen molar-refractivity contribution in [3.8, 4) is 0 Å². The molecule has 0 saturated heterocycles. The molecule has 1 heterocycles. The predicted molar refractivity (Wildman–Crippen MR) is 108 cm³/mol. The first-order valence-corrected chi connectivity index (χ1v) is 10.1. The Hall–Kier alpha value is -2.24. The zero-order chi connectivity index (χ0) is 19.1. The van der Waals surface area contributed by atoms with Gasteiger partial charge in [0.2, 0.25) is 0 Å². The SMILES string of the molecule is CSc1cc(F)cc2c3c(n(Cc4ccc(Cl)cc4)c12)/C(=C/C(=O)O)CC3. The number of hydrogen-bond donors (Lipinski definition) is 1. The number of rotatable bonds is 4. The molecule has 0 amide bonds. The highest BCUT2D eigenvalue weighted by Crippen LogP contribution is 2.43. The topological polar surface area (TPSA) is 42.2 Å². The van der Waals surface area contributed by atoms with Crippen molar-refractivity contribution in [1.29, 1.82) is 0 Å². The lowest BCUT2D eigenvalue weighted by molar-refractivity contribution is -0.131. The van der Waals surface area contributed by atoms with Gasteiger partial charge >= 0.3 is 5.97 Å². The molecular weight excluding hydrogens is 385 g/mol. The van der Waals surface area contributed by atoms with Crippen molar-refractivity contribution >= 4 is 45.8 Å². The van der Waals surface area contributed by atoms with Gasteiger partial charge in [0.05, 0.1) is 5.52 Å². The molecule has 1 N–H and O–H groups in total. The average molecular weight is 402 g/mol. The number of carboxylic acid groups (broad SMARTS) is 1. The van der Waals surface area contributed by atoms with E-state index in [9.17, 15) is 14.3 Å². The lowest BCUT2D eigenvalue weighted by atomic mass is 10.1. The summed E-state index contributed by atoms with van der Waals surface area (Å²) < 4.78 is 16.3. The number of hydrogen-bond acceptors (Lipinski definition) is 2. The fourth-order valence-electron chi connectivity index (χ4n) is 3.86. The number of carboxylic acids is 1. The second kappa shape index (κ2) is 7.06. The maximum Gasteiger partial charge on any atom is 0.328 e. The van der Waals surface area contributed by atoms with Gasteiger partial charge in [0.15, 0.2) is 0 Å². The normalized spacial score (nSPS) is 14.9. The smallest absolute Gasteiger partial charge is 0.328 e.